The maximum atomic E-state index is 5.58. The van der Waals surface area contributed by atoms with Crippen LogP contribution in [0, 0.1) is 6.92 Å². The molecule has 78 valence electrons. The van der Waals surface area contributed by atoms with E-state index in [9.17, 15) is 0 Å². The summed E-state index contributed by atoms with van der Waals surface area (Å²) in [5.74, 6) is 1.21. The highest BCUT2D eigenvalue weighted by Crippen LogP contribution is 2.12. The van der Waals surface area contributed by atoms with E-state index < -0.39 is 0 Å². The zero-order valence-electron chi connectivity index (χ0n) is 8.94. The number of hydrogen-bond donors (Lipinski definition) is 1. The summed E-state index contributed by atoms with van der Waals surface area (Å²) in [5.41, 5.74) is 7.81. The van der Waals surface area contributed by atoms with E-state index in [0.717, 1.165) is 17.9 Å². The molecule has 15 heavy (non-hydrogen) atoms. The quantitative estimate of drug-likeness (QED) is 0.806. The molecule has 0 fully saturated rings. The van der Waals surface area contributed by atoms with Crippen LogP contribution in [0.4, 0.5) is 5.95 Å². The number of hydrogen-bond acceptors (Lipinski definition) is 3. The molecule has 4 heteroatoms. The molecule has 0 aliphatic rings. The molecule has 0 bridgehead atoms. The van der Waals surface area contributed by atoms with Crippen molar-refractivity contribution in [3.8, 4) is 5.69 Å². The number of nitrogen functional groups attached to an aromatic ring is 1. The molecule has 1 heterocycles. The van der Waals surface area contributed by atoms with Crippen molar-refractivity contribution in [1.29, 1.82) is 0 Å². The minimum Gasteiger partial charge on any atom is -0.366 e. The number of aryl methyl sites for hydroxylation is 2. The van der Waals surface area contributed by atoms with Gasteiger partial charge in [0.1, 0.15) is 5.82 Å². The fourth-order valence-electron chi connectivity index (χ4n) is 1.48. The summed E-state index contributed by atoms with van der Waals surface area (Å²) in [6.45, 7) is 4.09. The number of rotatable bonds is 2. The number of nitrogens with two attached hydrogens (primary N) is 1. The summed E-state index contributed by atoms with van der Waals surface area (Å²) < 4.78 is 1.79. The van der Waals surface area contributed by atoms with Gasteiger partial charge in [-0.2, -0.15) is 4.98 Å². The van der Waals surface area contributed by atoms with Gasteiger partial charge in [0.05, 0.1) is 5.69 Å². The number of nitrogens with zero attached hydrogens (tertiary/aromatic N) is 3. The second kappa shape index (κ2) is 3.73. The van der Waals surface area contributed by atoms with Gasteiger partial charge >= 0.3 is 0 Å². The lowest BCUT2D eigenvalue weighted by atomic mass is 10.2. The molecule has 2 rings (SSSR count). The van der Waals surface area contributed by atoms with Gasteiger partial charge in [-0.1, -0.05) is 24.6 Å². The first kappa shape index (κ1) is 9.71. The Morgan fingerprint density at radius 3 is 2.53 bits per heavy atom. The van der Waals surface area contributed by atoms with Crippen LogP contribution >= 0.6 is 0 Å². The molecule has 4 nitrogen and oxygen atoms in total. The van der Waals surface area contributed by atoms with Crippen LogP contribution < -0.4 is 5.73 Å². The van der Waals surface area contributed by atoms with Crippen LogP contribution in [0.25, 0.3) is 5.69 Å². The van der Waals surface area contributed by atoms with Crippen LogP contribution in [0.5, 0.6) is 0 Å². The predicted octanol–water partition coefficient (Wildman–Crippen LogP) is 1.72. The van der Waals surface area contributed by atoms with Crippen molar-refractivity contribution in [2.75, 3.05) is 5.73 Å². The van der Waals surface area contributed by atoms with E-state index in [1.165, 1.54) is 5.56 Å². The molecule has 0 spiro atoms. The molecular formula is C11H14N4. The van der Waals surface area contributed by atoms with E-state index in [2.05, 4.69) is 17.0 Å². The number of benzene rings is 1. The average Bonchev–Trinajstić information content (AvgIpc) is 2.61. The van der Waals surface area contributed by atoms with Crippen LogP contribution in [-0.4, -0.2) is 14.8 Å². The van der Waals surface area contributed by atoms with Gasteiger partial charge in [0.15, 0.2) is 0 Å². The van der Waals surface area contributed by atoms with E-state index in [1.807, 2.05) is 31.2 Å². The minimum absolute atomic E-state index is 0.326. The summed E-state index contributed by atoms with van der Waals surface area (Å²) in [4.78, 5) is 4.16. The Bertz CT molecular complexity index is 456. The van der Waals surface area contributed by atoms with Gasteiger partial charge in [-0.3, -0.25) is 0 Å². The van der Waals surface area contributed by atoms with E-state index in [-0.39, 0.29) is 0 Å². The summed E-state index contributed by atoms with van der Waals surface area (Å²) >= 11 is 0. The molecule has 1 aromatic carbocycles. The first-order chi connectivity index (χ1) is 7.20. The predicted molar refractivity (Wildman–Crippen MR) is 59.9 cm³/mol. The Hall–Kier alpha value is -1.84. The maximum absolute atomic E-state index is 5.58. The second-order valence-electron chi connectivity index (χ2n) is 3.49. The van der Waals surface area contributed by atoms with Crippen LogP contribution in [-0.2, 0) is 6.42 Å². The van der Waals surface area contributed by atoms with Crippen molar-refractivity contribution in [2.24, 2.45) is 0 Å². The fraction of sp³-hybridized carbons (Fsp3) is 0.273. The topological polar surface area (TPSA) is 56.7 Å². The van der Waals surface area contributed by atoms with Crippen LogP contribution in [0.2, 0.25) is 0 Å². The van der Waals surface area contributed by atoms with Gasteiger partial charge in [-0.25, -0.2) is 4.68 Å². The Kier molecular flexibility index (Phi) is 2.41. The van der Waals surface area contributed by atoms with Crippen LogP contribution in [0.3, 0.4) is 0 Å². The summed E-state index contributed by atoms with van der Waals surface area (Å²) in [6.07, 6.45) is 0.818. The third kappa shape index (κ3) is 1.83. The van der Waals surface area contributed by atoms with E-state index >= 15 is 0 Å². The van der Waals surface area contributed by atoms with Crippen molar-refractivity contribution in [3.63, 3.8) is 0 Å². The first-order valence-corrected chi connectivity index (χ1v) is 4.99. The highest BCUT2D eigenvalue weighted by atomic mass is 15.4. The van der Waals surface area contributed by atoms with Gasteiger partial charge in [-0.15, -0.1) is 5.10 Å². The van der Waals surface area contributed by atoms with Gasteiger partial charge in [0, 0.05) is 6.42 Å². The number of aromatic nitrogens is 3. The third-order valence-corrected chi connectivity index (χ3v) is 2.29. The smallest absolute Gasteiger partial charge is 0.240 e. The van der Waals surface area contributed by atoms with Gasteiger partial charge < -0.3 is 5.73 Å². The number of anilines is 1. The fourth-order valence-corrected chi connectivity index (χ4v) is 1.48. The van der Waals surface area contributed by atoms with Gasteiger partial charge in [-0.05, 0) is 19.1 Å². The van der Waals surface area contributed by atoms with Crippen LogP contribution in [0.15, 0.2) is 24.3 Å². The van der Waals surface area contributed by atoms with E-state index in [4.69, 9.17) is 5.73 Å². The molecule has 2 N–H and O–H groups in total. The molecule has 1 aromatic heterocycles. The molecule has 2 aromatic rings. The summed E-state index contributed by atoms with van der Waals surface area (Å²) in [6, 6.07) is 8.13. The van der Waals surface area contributed by atoms with Crippen molar-refractivity contribution < 1.29 is 0 Å². The molecule has 0 aliphatic heterocycles. The lowest BCUT2D eigenvalue weighted by Crippen LogP contribution is -2.01. The van der Waals surface area contributed by atoms with E-state index in [1.54, 1.807) is 4.68 Å². The van der Waals surface area contributed by atoms with Crippen LogP contribution in [0.1, 0.15) is 18.3 Å². The standard InChI is InChI=1S/C11H14N4/c1-3-10-13-11(12)14-15(10)9-6-4-8(2)5-7-9/h4-7H,3H2,1-2H3,(H2,12,14). The molecule has 0 saturated heterocycles. The zero-order chi connectivity index (χ0) is 10.8. The van der Waals surface area contributed by atoms with Crippen molar-refractivity contribution in [2.45, 2.75) is 20.3 Å². The SMILES string of the molecule is CCc1nc(N)nn1-c1ccc(C)cc1. The monoisotopic (exact) mass is 202 g/mol. The molecule has 0 radical (unpaired) electrons. The molecule has 0 aliphatic carbocycles. The van der Waals surface area contributed by atoms with Gasteiger partial charge in [0.2, 0.25) is 5.95 Å². The Morgan fingerprint density at radius 2 is 1.93 bits per heavy atom. The third-order valence-electron chi connectivity index (χ3n) is 2.29. The summed E-state index contributed by atoms with van der Waals surface area (Å²) in [7, 11) is 0. The molecule has 0 amide bonds. The maximum Gasteiger partial charge on any atom is 0.240 e. The van der Waals surface area contributed by atoms with Crippen molar-refractivity contribution in [1.82, 2.24) is 14.8 Å². The lowest BCUT2D eigenvalue weighted by molar-refractivity contribution is 0.802. The lowest BCUT2D eigenvalue weighted by Gasteiger charge is -2.03. The van der Waals surface area contributed by atoms with E-state index in [0.29, 0.717) is 5.95 Å². The molecule has 0 saturated carbocycles. The molecule has 0 unspecified atom stereocenters. The normalized spacial score (nSPS) is 10.5. The van der Waals surface area contributed by atoms with Gasteiger partial charge in [0.25, 0.3) is 0 Å². The average molecular weight is 202 g/mol. The minimum atomic E-state index is 0.326. The largest absolute Gasteiger partial charge is 0.366 e. The van der Waals surface area contributed by atoms with Crippen molar-refractivity contribution in [3.05, 3.63) is 35.7 Å². The Labute approximate surface area is 88.8 Å². The molecular weight excluding hydrogens is 188 g/mol. The highest BCUT2D eigenvalue weighted by molar-refractivity contribution is 5.35. The molecule has 0 atom stereocenters. The summed E-state index contributed by atoms with van der Waals surface area (Å²) in [5, 5.41) is 4.16. The van der Waals surface area contributed by atoms with Crippen molar-refractivity contribution >= 4 is 5.95 Å². The Morgan fingerprint density at radius 1 is 1.27 bits per heavy atom. The first-order valence-electron chi connectivity index (χ1n) is 4.99. The Balaban J connectivity index is 2.48. The second-order valence-corrected chi connectivity index (χ2v) is 3.49. The zero-order valence-corrected chi connectivity index (χ0v) is 8.94. The highest BCUT2D eigenvalue weighted by Gasteiger charge is 2.06.